The van der Waals surface area contributed by atoms with Crippen LogP contribution in [-0.4, -0.2) is 15.0 Å². The molecule has 0 saturated heterocycles. The Morgan fingerprint density at radius 1 is 1.23 bits per heavy atom. The van der Waals surface area contributed by atoms with Crippen molar-refractivity contribution in [1.82, 2.24) is 10.3 Å². The standard InChI is InChI=1S/C8H12N2O2S/c1-2-9-10-13(11,12)8-6-4-3-5-7-8/h3-7,9-10H,2H2,1H3. The Balaban J connectivity index is 2.83. The van der Waals surface area contributed by atoms with Gasteiger partial charge in [0.15, 0.2) is 0 Å². The third-order valence-corrected chi connectivity index (χ3v) is 2.74. The van der Waals surface area contributed by atoms with Crippen LogP contribution in [0.4, 0.5) is 0 Å². The number of sulfonamides is 1. The van der Waals surface area contributed by atoms with Gasteiger partial charge in [-0.1, -0.05) is 25.1 Å². The molecule has 1 rings (SSSR count). The van der Waals surface area contributed by atoms with Crippen molar-refractivity contribution in [2.24, 2.45) is 0 Å². The molecule has 0 amide bonds. The first-order valence-corrected chi connectivity index (χ1v) is 5.45. The van der Waals surface area contributed by atoms with Crippen LogP contribution in [0.5, 0.6) is 0 Å². The molecule has 72 valence electrons. The smallest absolute Gasteiger partial charge is 0.244 e. The second-order valence-electron chi connectivity index (χ2n) is 2.45. The molecule has 4 nitrogen and oxygen atoms in total. The molecule has 2 N–H and O–H groups in total. The van der Waals surface area contributed by atoms with Crippen LogP contribution in [-0.2, 0) is 10.0 Å². The maximum absolute atomic E-state index is 11.4. The van der Waals surface area contributed by atoms with E-state index < -0.39 is 10.0 Å². The van der Waals surface area contributed by atoms with Crippen LogP contribution in [0.25, 0.3) is 0 Å². The van der Waals surface area contributed by atoms with Crippen LogP contribution in [0.1, 0.15) is 6.92 Å². The zero-order valence-electron chi connectivity index (χ0n) is 7.32. The number of nitrogens with one attached hydrogen (secondary N) is 2. The molecule has 5 heteroatoms. The van der Waals surface area contributed by atoms with Gasteiger partial charge in [-0.25, -0.2) is 13.8 Å². The number of benzene rings is 1. The van der Waals surface area contributed by atoms with Crippen LogP contribution >= 0.6 is 0 Å². The summed E-state index contributed by atoms with van der Waals surface area (Å²) in [5.41, 5.74) is 2.55. The number of hydrazine groups is 1. The van der Waals surface area contributed by atoms with E-state index in [0.29, 0.717) is 6.54 Å². The van der Waals surface area contributed by atoms with Crippen molar-refractivity contribution in [1.29, 1.82) is 0 Å². The van der Waals surface area contributed by atoms with Crippen LogP contribution < -0.4 is 10.3 Å². The highest BCUT2D eigenvalue weighted by Crippen LogP contribution is 2.05. The van der Waals surface area contributed by atoms with E-state index in [9.17, 15) is 8.42 Å². The lowest BCUT2D eigenvalue weighted by Gasteiger charge is -2.05. The van der Waals surface area contributed by atoms with Gasteiger partial charge in [0.1, 0.15) is 0 Å². The predicted molar refractivity (Wildman–Crippen MR) is 50.4 cm³/mol. The number of rotatable bonds is 4. The van der Waals surface area contributed by atoms with Gasteiger partial charge in [-0.15, -0.1) is 4.83 Å². The Labute approximate surface area is 78.0 Å². The van der Waals surface area contributed by atoms with Gasteiger partial charge in [-0.2, -0.15) is 0 Å². The minimum atomic E-state index is -3.38. The van der Waals surface area contributed by atoms with E-state index >= 15 is 0 Å². The summed E-state index contributed by atoms with van der Waals surface area (Å²) in [6, 6.07) is 8.21. The lowest BCUT2D eigenvalue weighted by Crippen LogP contribution is -2.36. The van der Waals surface area contributed by atoms with Gasteiger partial charge in [0.05, 0.1) is 4.90 Å². The van der Waals surface area contributed by atoms with E-state index in [1.54, 1.807) is 30.3 Å². The van der Waals surface area contributed by atoms with Crippen LogP contribution in [0.3, 0.4) is 0 Å². The number of hydrogen-bond donors (Lipinski definition) is 2. The van der Waals surface area contributed by atoms with Gasteiger partial charge in [-0.3, -0.25) is 0 Å². The van der Waals surface area contributed by atoms with E-state index in [0.717, 1.165) is 0 Å². The third-order valence-electron chi connectivity index (χ3n) is 1.44. The van der Waals surface area contributed by atoms with Crippen molar-refractivity contribution in [3.8, 4) is 0 Å². The molecular formula is C8H12N2O2S. The van der Waals surface area contributed by atoms with E-state index in [1.807, 2.05) is 6.92 Å². The zero-order valence-corrected chi connectivity index (χ0v) is 8.14. The summed E-state index contributed by atoms with van der Waals surface area (Å²) in [4.78, 5) is 2.51. The molecule has 1 aromatic rings. The predicted octanol–water partition coefficient (Wildman–Crippen LogP) is 0.489. The Kier molecular flexibility index (Phi) is 3.41. The first kappa shape index (κ1) is 10.2. The van der Waals surface area contributed by atoms with Gasteiger partial charge in [0.25, 0.3) is 10.0 Å². The average Bonchev–Trinajstić information content (AvgIpc) is 2.16. The second-order valence-corrected chi connectivity index (χ2v) is 4.13. The quantitative estimate of drug-likeness (QED) is 0.695. The topological polar surface area (TPSA) is 58.2 Å². The van der Waals surface area contributed by atoms with Crippen molar-refractivity contribution >= 4 is 10.0 Å². The van der Waals surface area contributed by atoms with Crippen molar-refractivity contribution in [2.45, 2.75) is 11.8 Å². The lowest BCUT2D eigenvalue weighted by molar-refractivity contribution is 0.561. The fourth-order valence-corrected chi connectivity index (χ4v) is 1.79. The Bertz CT molecular complexity index is 348. The van der Waals surface area contributed by atoms with Gasteiger partial charge < -0.3 is 0 Å². The minimum absolute atomic E-state index is 0.260. The monoisotopic (exact) mass is 200 g/mol. The Morgan fingerprint density at radius 2 is 1.85 bits per heavy atom. The normalized spacial score (nSPS) is 11.5. The molecule has 0 atom stereocenters. The Hall–Kier alpha value is -0.910. The highest BCUT2D eigenvalue weighted by atomic mass is 32.2. The summed E-state index contributed by atoms with van der Waals surface area (Å²) < 4.78 is 22.8. The van der Waals surface area contributed by atoms with Crippen molar-refractivity contribution in [2.75, 3.05) is 6.54 Å². The highest BCUT2D eigenvalue weighted by Gasteiger charge is 2.10. The van der Waals surface area contributed by atoms with Crippen LogP contribution in [0.2, 0.25) is 0 Å². The van der Waals surface area contributed by atoms with Gasteiger partial charge in [0.2, 0.25) is 0 Å². The summed E-state index contributed by atoms with van der Waals surface area (Å²) >= 11 is 0. The molecule has 0 saturated carbocycles. The number of hydrogen-bond acceptors (Lipinski definition) is 3. The fourth-order valence-electron chi connectivity index (χ4n) is 0.826. The summed E-state index contributed by atoms with van der Waals surface area (Å²) in [6.45, 7) is 2.36. The molecule has 0 heterocycles. The first-order chi connectivity index (χ1) is 6.17. The highest BCUT2D eigenvalue weighted by molar-refractivity contribution is 7.89. The molecule has 0 radical (unpaired) electrons. The minimum Gasteiger partial charge on any atom is -0.244 e. The molecule has 0 fully saturated rings. The molecule has 0 aliphatic heterocycles. The largest absolute Gasteiger partial charge is 0.253 e. The van der Waals surface area contributed by atoms with Crippen molar-refractivity contribution in [3.63, 3.8) is 0 Å². The zero-order chi connectivity index (χ0) is 9.73. The molecule has 0 bridgehead atoms. The van der Waals surface area contributed by atoms with Gasteiger partial charge >= 0.3 is 0 Å². The molecule has 13 heavy (non-hydrogen) atoms. The van der Waals surface area contributed by atoms with Crippen molar-refractivity contribution in [3.05, 3.63) is 30.3 Å². The summed E-state index contributed by atoms with van der Waals surface area (Å²) in [6.07, 6.45) is 0. The van der Waals surface area contributed by atoms with Crippen LogP contribution in [0.15, 0.2) is 35.2 Å². The molecule has 0 aliphatic carbocycles. The first-order valence-electron chi connectivity index (χ1n) is 3.96. The van der Waals surface area contributed by atoms with E-state index in [1.165, 1.54) is 0 Å². The fraction of sp³-hybridized carbons (Fsp3) is 0.250. The maximum atomic E-state index is 11.4. The molecule has 0 spiro atoms. The Morgan fingerprint density at radius 3 is 2.38 bits per heavy atom. The SMILES string of the molecule is CCNNS(=O)(=O)c1ccccc1. The lowest BCUT2D eigenvalue weighted by atomic mass is 10.4. The average molecular weight is 200 g/mol. The van der Waals surface area contributed by atoms with E-state index in [2.05, 4.69) is 10.3 Å². The second kappa shape index (κ2) is 4.36. The van der Waals surface area contributed by atoms with Crippen molar-refractivity contribution < 1.29 is 8.42 Å². The molecular weight excluding hydrogens is 188 g/mol. The molecule has 0 aromatic heterocycles. The summed E-state index contributed by atoms with van der Waals surface area (Å²) in [5, 5.41) is 0. The molecule has 0 unspecified atom stereocenters. The third kappa shape index (κ3) is 2.80. The summed E-state index contributed by atoms with van der Waals surface area (Å²) in [5.74, 6) is 0. The molecule has 0 aliphatic rings. The maximum Gasteiger partial charge on any atom is 0.253 e. The van der Waals surface area contributed by atoms with Gasteiger partial charge in [-0.05, 0) is 12.1 Å². The van der Waals surface area contributed by atoms with E-state index in [-0.39, 0.29) is 4.90 Å². The van der Waals surface area contributed by atoms with Gasteiger partial charge in [0, 0.05) is 6.54 Å². The van der Waals surface area contributed by atoms with Crippen LogP contribution in [0, 0.1) is 0 Å². The molecule has 1 aromatic carbocycles. The van der Waals surface area contributed by atoms with E-state index in [4.69, 9.17) is 0 Å². The summed E-state index contributed by atoms with van der Waals surface area (Å²) in [7, 11) is -3.38.